The molecule has 4 atom stereocenters. The van der Waals surface area contributed by atoms with Gasteiger partial charge in [-0.1, -0.05) is 0 Å². The van der Waals surface area contributed by atoms with Crippen molar-refractivity contribution in [3.8, 4) is 0 Å². The molecule has 0 aliphatic carbocycles. The first-order valence-electron chi connectivity index (χ1n) is 7.89. The molecule has 0 radical (unpaired) electrons. The summed E-state index contributed by atoms with van der Waals surface area (Å²) in [6.45, 7) is 2.06. The molecule has 1 fully saturated rings. The summed E-state index contributed by atoms with van der Waals surface area (Å²) in [5, 5.41) is 19.1. The van der Waals surface area contributed by atoms with Crippen LogP contribution in [0, 0.1) is 0 Å². The Kier molecular flexibility index (Phi) is 9.08. The lowest BCUT2D eigenvalue weighted by atomic mass is 10.2. The molecule has 0 saturated carbocycles. The molecule has 3 amide bonds. The zero-order chi connectivity index (χ0) is 19.0. The molecule has 5 N–H and O–H groups in total. The smallest absolute Gasteiger partial charge is 0.325 e. The first kappa shape index (κ1) is 21.6. The highest BCUT2D eigenvalue weighted by Crippen LogP contribution is 2.05. The number of carboxylic acid groups (broad SMARTS) is 1. The maximum Gasteiger partial charge on any atom is 0.325 e. The quantitative estimate of drug-likeness (QED) is 0.230. The van der Waals surface area contributed by atoms with Gasteiger partial charge in [-0.15, -0.1) is 0 Å². The van der Waals surface area contributed by atoms with Gasteiger partial charge in [0.1, 0.15) is 18.1 Å². The number of hydrogen-bond donors (Lipinski definition) is 7. The van der Waals surface area contributed by atoms with E-state index in [-0.39, 0.29) is 23.5 Å². The van der Waals surface area contributed by atoms with E-state index in [1.807, 2.05) is 0 Å². The molecule has 1 saturated heterocycles. The van der Waals surface area contributed by atoms with Crippen molar-refractivity contribution in [3.05, 3.63) is 0 Å². The van der Waals surface area contributed by atoms with E-state index >= 15 is 0 Å². The Bertz CT molecular complexity index is 513. The van der Waals surface area contributed by atoms with Crippen LogP contribution in [0.1, 0.15) is 19.8 Å². The Morgan fingerprint density at radius 2 is 1.64 bits per heavy atom. The topological polar surface area (TPSA) is 137 Å². The van der Waals surface area contributed by atoms with E-state index in [0.717, 1.165) is 13.0 Å². The molecule has 1 aliphatic rings. The van der Waals surface area contributed by atoms with Gasteiger partial charge in [-0.2, -0.15) is 25.3 Å². The van der Waals surface area contributed by atoms with Gasteiger partial charge in [0, 0.05) is 11.5 Å². The molecule has 0 aromatic heterocycles. The highest BCUT2D eigenvalue weighted by Gasteiger charge is 2.29. The highest BCUT2D eigenvalue weighted by molar-refractivity contribution is 7.80. The van der Waals surface area contributed by atoms with E-state index in [9.17, 15) is 19.2 Å². The first-order chi connectivity index (χ1) is 11.8. The van der Waals surface area contributed by atoms with Gasteiger partial charge in [0.2, 0.25) is 17.7 Å². The maximum atomic E-state index is 12.3. The molecule has 9 nitrogen and oxygen atoms in total. The molecule has 0 aromatic carbocycles. The lowest BCUT2D eigenvalue weighted by molar-refractivity contribution is -0.141. The van der Waals surface area contributed by atoms with Crippen LogP contribution in [0.4, 0.5) is 0 Å². The molecular weight excluding hydrogens is 368 g/mol. The third kappa shape index (κ3) is 6.75. The Labute approximate surface area is 156 Å². The monoisotopic (exact) mass is 392 g/mol. The van der Waals surface area contributed by atoms with Crippen LogP contribution in [-0.4, -0.2) is 71.0 Å². The summed E-state index contributed by atoms with van der Waals surface area (Å²) in [6, 6.07) is -3.37. The number of carboxylic acids is 1. The molecular formula is C14H24N4O5S2. The van der Waals surface area contributed by atoms with Gasteiger partial charge in [-0.25, -0.2) is 0 Å². The predicted molar refractivity (Wildman–Crippen MR) is 97.8 cm³/mol. The van der Waals surface area contributed by atoms with E-state index in [2.05, 4.69) is 46.5 Å². The molecule has 0 aromatic rings. The van der Waals surface area contributed by atoms with E-state index in [1.165, 1.54) is 6.92 Å². The molecule has 1 aliphatic heterocycles. The van der Waals surface area contributed by atoms with Crippen LogP contribution in [0.2, 0.25) is 0 Å². The number of rotatable bonds is 9. The third-order valence-corrected chi connectivity index (χ3v) is 4.47. The Morgan fingerprint density at radius 3 is 2.12 bits per heavy atom. The van der Waals surface area contributed by atoms with E-state index in [0.29, 0.717) is 6.42 Å². The van der Waals surface area contributed by atoms with Gasteiger partial charge < -0.3 is 26.4 Å². The lowest BCUT2D eigenvalue weighted by Gasteiger charge is -2.23. The second kappa shape index (κ2) is 10.5. The minimum absolute atomic E-state index is 0.0265. The van der Waals surface area contributed by atoms with E-state index in [4.69, 9.17) is 5.11 Å². The number of thiol groups is 2. The van der Waals surface area contributed by atoms with Gasteiger partial charge in [-0.05, 0) is 26.3 Å². The SMILES string of the molecule is CC(NC(=O)C(CS)NC(=O)C(CS)NC(=O)C1CCCN1)C(=O)O. The predicted octanol–water partition coefficient (Wildman–Crippen LogP) is -1.84. The molecule has 142 valence electrons. The van der Waals surface area contributed by atoms with Crippen molar-refractivity contribution in [2.24, 2.45) is 0 Å². The number of nitrogens with one attached hydrogen (secondary N) is 4. The van der Waals surface area contributed by atoms with E-state index in [1.54, 1.807) is 0 Å². The molecule has 0 bridgehead atoms. The molecule has 4 unspecified atom stereocenters. The van der Waals surface area contributed by atoms with Crippen LogP contribution < -0.4 is 21.3 Å². The number of aliphatic carboxylic acids is 1. The summed E-state index contributed by atoms with van der Waals surface area (Å²) < 4.78 is 0. The van der Waals surface area contributed by atoms with Crippen LogP contribution in [0.25, 0.3) is 0 Å². The Balaban J connectivity index is 2.60. The molecule has 11 heteroatoms. The average Bonchev–Trinajstić information content (AvgIpc) is 3.11. The number of carbonyl (C=O) groups excluding carboxylic acids is 3. The summed E-state index contributed by atoms with van der Waals surface area (Å²) in [7, 11) is 0. The van der Waals surface area contributed by atoms with Gasteiger partial charge in [0.15, 0.2) is 0 Å². The first-order valence-corrected chi connectivity index (χ1v) is 9.15. The maximum absolute atomic E-state index is 12.3. The van der Waals surface area contributed by atoms with Crippen molar-refractivity contribution >= 4 is 48.9 Å². The van der Waals surface area contributed by atoms with Gasteiger partial charge >= 0.3 is 5.97 Å². The fourth-order valence-electron chi connectivity index (χ4n) is 2.22. The van der Waals surface area contributed by atoms with Crippen LogP contribution in [0.5, 0.6) is 0 Å². The second-order valence-electron chi connectivity index (χ2n) is 5.70. The fraction of sp³-hybridized carbons (Fsp3) is 0.714. The number of amides is 3. The summed E-state index contributed by atoms with van der Waals surface area (Å²) in [6.07, 6.45) is 1.58. The Hall–Kier alpha value is -1.46. The van der Waals surface area contributed by atoms with Crippen LogP contribution in [0.15, 0.2) is 0 Å². The van der Waals surface area contributed by atoms with Crippen LogP contribution >= 0.6 is 25.3 Å². The lowest BCUT2D eigenvalue weighted by Crippen LogP contribution is -2.57. The zero-order valence-electron chi connectivity index (χ0n) is 13.8. The minimum atomic E-state index is -1.19. The largest absolute Gasteiger partial charge is 0.480 e. The van der Waals surface area contributed by atoms with Crippen molar-refractivity contribution in [2.75, 3.05) is 18.1 Å². The zero-order valence-corrected chi connectivity index (χ0v) is 15.6. The van der Waals surface area contributed by atoms with Crippen molar-refractivity contribution in [1.29, 1.82) is 0 Å². The van der Waals surface area contributed by atoms with E-state index < -0.39 is 35.9 Å². The highest BCUT2D eigenvalue weighted by atomic mass is 32.1. The number of hydrogen-bond acceptors (Lipinski definition) is 7. The van der Waals surface area contributed by atoms with Crippen molar-refractivity contribution in [1.82, 2.24) is 21.3 Å². The van der Waals surface area contributed by atoms with Crippen molar-refractivity contribution in [2.45, 2.75) is 43.9 Å². The summed E-state index contributed by atoms with van der Waals surface area (Å²) in [5.74, 6) is -2.71. The van der Waals surface area contributed by atoms with Gasteiger partial charge in [0.25, 0.3) is 0 Å². The summed E-state index contributed by atoms with van der Waals surface area (Å²) in [5.41, 5.74) is 0. The standard InChI is InChI=1S/C14H24N4O5S2/c1-7(14(22)23)16-12(20)9(5-24)18-13(21)10(6-25)17-11(19)8-3-2-4-15-8/h7-10,15,24-25H,2-6H2,1H3,(H,16,20)(H,17,19)(H,18,21)(H,22,23). The third-order valence-electron chi connectivity index (χ3n) is 3.74. The van der Waals surface area contributed by atoms with Crippen molar-refractivity contribution in [3.63, 3.8) is 0 Å². The van der Waals surface area contributed by atoms with Crippen LogP contribution in [-0.2, 0) is 19.2 Å². The van der Waals surface area contributed by atoms with Gasteiger partial charge in [0.05, 0.1) is 6.04 Å². The normalized spacial score (nSPS) is 20.2. The Morgan fingerprint density at radius 1 is 1.08 bits per heavy atom. The average molecular weight is 393 g/mol. The molecule has 25 heavy (non-hydrogen) atoms. The van der Waals surface area contributed by atoms with Crippen LogP contribution in [0.3, 0.4) is 0 Å². The second-order valence-corrected chi connectivity index (χ2v) is 6.44. The minimum Gasteiger partial charge on any atom is -0.480 e. The molecule has 1 heterocycles. The van der Waals surface area contributed by atoms with Crippen molar-refractivity contribution < 1.29 is 24.3 Å². The summed E-state index contributed by atoms with van der Waals surface area (Å²) >= 11 is 8.07. The molecule has 0 spiro atoms. The van der Waals surface area contributed by atoms with Gasteiger partial charge in [-0.3, -0.25) is 19.2 Å². The number of carbonyl (C=O) groups is 4. The molecule has 1 rings (SSSR count). The fourth-order valence-corrected chi connectivity index (χ4v) is 2.73. The summed E-state index contributed by atoms with van der Waals surface area (Å²) in [4.78, 5) is 47.2.